The number of halogens is 1. The molecule has 6 nitrogen and oxygen atoms in total. The largest absolute Gasteiger partial charge is 0.493 e. The van der Waals surface area contributed by atoms with E-state index in [-0.39, 0.29) is 5.91 Å². The van der Waals surface area contributed by atoms with E-state index in [4.69, 9.17) is 9.53 Å². The summed E-state index contributed by atoms with van der Waals surface area (Å²) in [6, 6.07) is 12.2. The SMILES string of the molecule is C=CC(=C)F.C=O.Cc1cccc(OCCCC(=O)N2CCSc3c(-c4cn[nH]c4)cccc32)c1C. The van der Waals surface area contributed by atoms with Gasteiger partial charge in [0.15, 0.2) is 0 Å². The summed E-state index contributed by atoms with van der Waals surface area (Å²) in [7, 11) is 0. The summed E-state index contributed by atoms with van der Waals surface area (Å²) in [6.07, 6.45) is 5.95. The van der Waals surface area contributed by atoms with Crippen molar-refractivity contribution in [1.29, 1.82) is 0 Å². The monoisotopic (exact) mass is 509 g/mol. The Hall–Kier alpha value is -3.65. The Morgan fingerprint density at radius 1 is 1.25 bits per heavy atom. The molecule has 190 valence electrons. The van der Waals surface area contributed by atoms with Gasteiger partial charge in [0, 0.05) is 40.9 Å². The molecule has 0 unspecified atom stereocenters. The quantitative estimate of drug-likeness (QED) is 0.292. The summed E-state index contributed by atoms with van der Waals surface area (Å²) in [5, 5.41) is 6.93. The van der Waals surface area contributed by atoms with Gasteiger partial charge in [-0.3, -0.25) is 9.89 Å². The number of allylic oxidation sites excluding steroid dienone is 2. The third kappa shape index (κ3) is 7.68. The summed E-state index contributed by atoms with van der Waals surface area (Å²) in [4.78, 5) is 24.0. The number of anilines is 1. The molecule has 0 aliphatic carbocycles. The molecular formula is C28H32FN3O3S. The number of thioether (sulfide) groups is 1. The molecule has 2 heterocycles. The van der Waals surface area contributed by atoms with Crippen LogP contribution in [0.3, 0.4) is 0 Å². The first-order valence-corrected chi connectivity index (χ1v) is 12.4. The maximum atomic E-state index is 12.9. The minimum Gasteiger partial charge on any atom is -0.493 e. The van der Waals surface area contributed by atoms with Gasteiger partial charge in [0.1, 0.15) is 18.4 Å². The molecule has 0 saturated heterocycles. The number of ether oxygens (including phenoxy) is 1. The number of aromatic nitrogens is 2. The fraction of sp³-hybridized carbons (Fsp3) is 0.250. The standard InChI is InChI=1S/C23H25N3O2S.C4H5F.CH2O/c1-16-6-3-9-21(17(16)2)28-12-5-10-22(27)26-11-13-29-23-19(7-4-8-20(23)26)18-14-24-25-15-18;1-3-4(2)5;1-2/h3-4,6-9,14-15H,5,10-13H2,1-2H3,(H,24,25);3H,1-2H2;1H2. The van der Waals surface area contributed by atoms with Crippen molar-refractivity contribution in [2.75, 3.05) is 23.8 Å². The van der Waals surface area contributed by atoms with E-state index >= 15 is 0 Å². The topological polar surface area (TPSA) is 75.3 Å². The second-order valence-corrected chi connectivity index (χ2v) is 8.94. The molecule has 0 spiro atoms. The molecule has 1 N–H and O–H groups in total. The van der Waals surface area contributed by atoms with Gasteiger partial charge in [-0.1, -0.05) is 37.4 Å². The number of amides is 1. The summed E-state index contributed by atoms with van der Waals surface area (Å²) >= 11 is 1.80. The summed E-state index contributed by atoms with van der Waals surface area (Å²) in [5.74, 6) is 1.47. The lowest BCUT2D eigenvalue weighted by Gasteiger charge is -2.30. The lowest BCUT2D eigenvalue weighted by Crippen LogP contribution is -2.35. The van der Waals surface area contributed by atoms with Gasteiger partial charge >= 0.3 is 0 Å². The van der Waals surface area contributed by atoms with Crippen molar-refractivity contribution in [2.45, 2.75) is 31.6 Å². The van der Waals surface area contributed by atoms with Gasteiger partial charge in [0.2, 0.25) is 5.91 Å². The zero-order valence-corrected chi connectivity index (χ0v) is 21.6. The van der Waals surface area contributed by atoms with Gasteiger partial charge in [-0.05, 0) is 49.6 Å². The van der Waals surface area contributed by atoms with Crippen LogP contribution in [0.2, 0.25) is 0 Å². The molecule has 0 fully saturated rings. The van der Waals surface area contributed by atoms with Crippen molar-refractivity contribution < 1.29 is 18.7 Å². The number of nitrogens with one attached hydrogen (secondary N) is 1. The number of rotatable bonds is 7. The predicted molar refractivity (Wildman–Crippen MR) is 145 cm³/mol. The molecule has 4 rings (SSSR count). The third-order valence-corrected chi connectivity index (χ3v) is 6.63. The van der Waals surface area contributed by atoms with Gasteiger partial charge in [-0.15, -0.1) is 11.8 Å². The van der Waals surface area contributed by atoms with Crippen molar-refractivity contribution >= 4 is 30.1 Å². The Kier molecular flexibility index (Phi) is 11.7. The van der Waals surface area contributed by atoms with Crippen LogP contribution in [0.25, 0.3) is 11.1 Å². The predicted octanol–water partition coefficient (Wildman–Crippen LogP) is 6.46. The molecule has 1 amide bonds. The molecule has 1 aliphatic heterocycles. The molecule has 3 aromatic rings. The van der Waals surface area contributed by atoms with Gasteiger partial charge in [-0.2, -0.15) is 5.10 Å². The molecule has 1 aliphatic rings. The maximum Gasteiger partial charge on any atom is 0.227 e. The molecule has 8 heteroatoms. The van der Waals surface area contributed by atoms with Crippen LogP contribution in [0.5, 0.6) is 5.75 Å². The second-order valence-electron chi connectivity index (χ2n) is 7.84. The van der Waals surface area contributed by atoms with E-state index in [0.29, 0.717) is 19.4 Å². The van der Waals surface area contributed by atoms with Crippen molar-refractivity contribution in [3.63, 3.8) is 0 Å². The molecular weight excluding hydrogens is 477 g/mol. The maximum absolute atomic E-state index is 12.9. The first-order chi connectivity index (χ1) is 17.4. The van der Waals surface area contributed by atoms with Crippen LogP contribution >= 0.6 is 11.8 Å². The molecule has 0 saturated carbocycles. The van der Waals surface area contributed by atoms with Gasteiger partial charge in [0.05, 0.1) is 18.5 Å². The Labute approximate surface area is 216 Å². The number of aromatic amines is 1. The van der Waals surface area contributed by atoms with Crippen LogP contribution in [0.4, 0.5) is 10.1 Å². The van der Waals surface area contributed by atoms with Crippen LogP contribution in [0.1, 0.15) is 24.0 Å². The van der Waals surface area contributed by atoms with Gasteiger partial charge < -0.3 is 14.4 Å². The number of hydrogen-bond acceptors (Lipinski definition) is 5. The van der Waals surface area contributed by atoms with Gasteiger partial charge in [0.25, 0.3) is 0 Å². The number of nitrogens with zero attached hydrogens (tertiary/aromatic N) is 2. The molecule has 36 heavy (non-hydrogen) atoms. The zero-order chi connectivity index (χ0) is 26.5. The molecule has 0 bridgehead atoms. The highest BCUT2D eigenvalue weighted by Gasteiger charge is 2.25. The Morgan fingerprint density at radius 2 is 1.97 bits per heavy atom. The minimum absolute atomic E-state index is 0.153. The average Bonchev–Trinajstić information content (AvgIpc) is 3.44. The van der Waals surface area contributed by atoms with E-state index in [1.165, 1.54) is 5.56 Å². The van der Waals surface area contributed by atoms with Crippen molar-refractivity contribution in [1.82, 2.24) is 10.2 Å². The summed E-state index contributed by atoms with van der Waals surface area (Å²) in [6.45, 7) is 13.4. The van der Waals surface area contributed by atoms with Gasteiger partial charge in [-0.25, -0.2) is 4.39 Å². The number of fused-ring (bicyclic) bond motifs is 1. The first kappa shape index (κ1) is 28.6. The number of carbonyl (C=O) groups is 2. The van der Waals surface area contributed by atoms with Crippen molar-refractivity contribution in [3.8, 4) is 16.9 Å². The van der Waals surface area contributed by atoms with Crippen molar-refractivity contribution in [2.24, 2.45) is 0 Å². The van der Waals surface area contributed by atoms with E-state index < -0.39 is 5.83 Å². The number of benzene rings is 2. The van der Waals surface area contributed by atoms with E-state index in [1.54, 1.807) is 11.8 Å². The number of aryl methyl sites for hydroxylation is 1. The minimum atomic E-state index is -0.481. The number of H-pyrrole nitrogens is 1. The second kappa shape index (κ2) is 14.7. The Morgan fingerprint density at radius 3 is 2.64 bits per heavy atom. The normalized spacial score (nSPS) is 11.7. The summed E-state index contributed by atoms with van der Waals surface area (Å²) in [5.41, 5.74) is 5.55. The summed E-state index contributed by atoms with van der Waals surface area (Å²) < 4.78 is 17.0. The highest BCUT2D eigenvalue weighted by Crippen LogP contribution is 2.41. The molecule has 0 atom stereocenters. The highest BCUT2D eigenvalue weighted by molar-refractivity contribution is 7.99. The Balaban J connectivity index is 0.000000583. The van der Waals surface area contributed by atoms with Crippen LogP contribution in [0, 0.1) is 13.8 Å². The number of hydrogen-bond donors (Lipinski definition) is 1. The zero-order valence-electron chi connectivity index (χ0n) is 20.8. The molecule has 0 radical (unpaired) electrons. The average molecular weight is 510 g/mol. The molecule has 1 aromatic heterocycles. The van der Waals surface area contributed by atoms with Crippen LogP contribution < -0.4 is 9.64 Å². The lowest BCUT2D eigenvalue weighted by atomic mass is 10.1. The van der Waals surface area contributed by atoms with E-state index in [2.05, 4.69) is 49.3 Å². The van der Waals surface area contributed by atoms with Crippen molar-refractivity contribution in [3.05, 3.63) is 85.0 Å². The number of carbonyl (C=O) groups excluding carboxylic acids is 2. The fourth-order valence-electron chi connectivity index (χ4n) is 3.55. The Bertz CT molecular complexity index is 1160. The third-order valence-electron chi connectivity index (χ3n) is 5.53. The van der Waals surface area contributed by atoms with E-state index in [1.807, 2.05) is 48.3 Å². The van der Waals surface area contributed by atoms with Crippen LogP contribution in [-0.2, 0) is 9.59 Å². The fourth-order valence-corrected chi connectivity index (χ4v) is 4.70. The molecule has 2 aromatic carbocycles. The smallest absolute Gasteiger partial charge is 0.227 e. The van der Waals surface area contributed by atoms with Crippen LogP contribution in [0.15, 0.2) is 78.7 Å². The van der Waals surface area contributed by atoms with Crippen LogP contribution in [-0.4, -0.2) is 41.8 Å². The first-order valence-electron chi connectivity index (χ1n) is 11.4. The highest BCUT2D eigenvalue weighted by atomic mass is 32.2. The van der Waals surface area contributed by atoms with E-state index in [9.17, 15) is 9.18 Å². The van der Waals surface area contributed by atoms with E-state index in [0.717, 1.165) is 51.4 Å². The lowest BCUT2D eigenvalue weighted by molar-refractivity contribution is -0.118.